The van der Waals surface area contributed by atoms with Gasteiger partial charge in [-0.25, -0.2) is 0 Å². The minimum Gasteiger partial charge on any atom is -0.468 e. The molecule has 6 heteroatoms. The number of amides is 1. The first kappa shape index (κ1) is 25.7. The summed E-state index contributed by atoms with van der Waals surface area (Å²) in [5, 5.41) is 3.04. The molecule has 2 aliphatic rings. The van der Waals surface area contributed by atoms with Crippen LogP contribution in [0.25, 0.3) is 10.1 Å². The molecule has 3 unspecified atom stereocenters. The van der Waals surface area contributed by atoms with Crippen LogP contribution in [0, 0.1) is 17.8 Å². The number of fused-ring (bicyclic) bond motifs is 3. The van der Waals surface area contributed by atoms with Crippen molar-refractivity contribution in [1.29, 1.82) is 0 Å². The molecule has 0 radical (unpaired) electrons. The van der Waals surface area contributed by atoms with E-state index in [0.717, 1.165) is 33.6 Å². The van der Waals surface area contributed by atoms with E-state index in [1.54, 1.807) is 29.2 Å². The number of ether oxygens (including phenoxy) is 1. The molecule has 0 aliphatic heterocycles. The number of hydrogen-bond donors (Lipinski definition) is 1. The Morgan fingerprint density at radius 3 is 2.61 bits per heavy atom. The van der Waals surface area contributed by atoms with E-state index in [4.69, 9.17) is 5.73 Å². The fourth-order valence-corrected chi connectivity index (χ4v) is 6.50. The lowest BCUT2D eigenvalue weighted by molar-refractivity contribution is -0.137. The van der Waals surface area contributed by atoms with E-state index in [1.807, 2.05) is 37.4 Å². The zero-order valence-corrected chi connectivity index (χ0v) is 20.7. The van der Waals surface area contributed by atoms with Gasteiger partial charge in [-0.3, -0.25) is 9.59 Å². The molecule has 172 valence electrons. The molecule has 0 spiro atoms. The summed E-state index contributed by atoms with van der Waals surface area (Å²) in [5.41, 5.74) is 5.82. The molecule has 2 fully saturated rings. The molecule has 31 heavy (non-hydrogen) atoms. The highest BCUT2D eigenvalue weighted by atomic mass is 32.2. The van der Waals surface area contributed by atoms with E-state index in [2.05, 4.69) is 4.74 Å². The van der Waals surface area contributed by atoms with Crippen molar-refractivity contribution in [3.05, 3.63) is 35.2 Å². The van der Waals surface area contributed by atoms with Gasteiger partial charge < -0.3 is 10.5 Å². The Hall–Kier alpha value is -1.53. The van der Waals surface area contributed by atoms with Gasteiger partial charge in [0.2, 0.25) is 5.91 Å². The largest absolute Gasteiger partial charge is 0.468 e. The fourth-order valence-electron chi connectivity index (χ4n) is 4.74. The van der Waals surface area contributed by atoms with Gasteiger partial charge in [-0.1, -0.05) is 45.2 Å². The molecular weight excluding hydrogens is 426 g/mol. The second-order valence-electron chi connectivity index (χ2n) is 8.07. The van der Waals surface area contributed by atoms with Crippen molar-refractivity contribution in [3.63, 3.8) is 0 Å². The van der Waals surface area contributed by atoms with Gasteiger partial charge in [-0.2, -0.15) is 11.8 Å². The smallest absolute Gasteiger partial charge is 0.315 e. The average Bonchev–Trinajstić information content (AvgIpc) is 3.54. The Kier molecular flexibility index (Phi) is 11.4. The van der Waals surface area contributed by atoms with Crippen LogP contribution in [0.1, 0.15) is 69.2 Å². The lowest BCUT2D eigenvalue weighted by Gasteiger charge is -2.21. The molecule has 1 amide bonds. The maximum absolute atomic E-state index is 10.9. The summed E-state index contributed by atoms with van der Waals surface area (Å²) in [6, 6.07) is 7.54. The van der Waals surface area contributed by atoms with Gasteiger partial charge in [-0.15, -0.1) is 11.3 Å². The summed E-state index contributed by atoms with van der Waals surface area (Å²) in [4.78, 5) is 21.8. The first-order valence-electron chi connectivity index (χ1n) is 11.5. The van der Waals surface area contributed by atoms with Gasteiger partial charge in [0.25, 0.3) is 0 Å². The molecule has 1 aromatic heterocycles. The van der Waals surface area contributed by atoms with Crippen molar-refractivity contribution >= 4 is 45.1 Å². The summed E-state index contributed by atoms with van der Waals surface area (Å²) in [7, 11) is 1.46. The number of carbonyl (C=O) groups excluding carboxylic acids is 2. The third-order valence-electron chi connectivity index (χ3n) is 6.19. The second-order valence-corrected chi connectivity index (χ2v) is 10.1. The Morgan fingerprint density at radius 1 is 1.16 bits per heavy atom. The summed E-state index contributed by atoms with van der Waals surface area (Å²) < 4.78 is 5.59. The van der Waals surface area contributed by atoms with Crippen LogP contribution in [0.2, 0.25) is 0 Å². The van der Waals surface area contributed by atoms with E-state index < -0.39 is 0 Å². The minimum absolute atomic E-state index is 0.0943. The number of hydrogen-bond acceptors (Lipinski definition) is 5. The molecule has 2 N–H and O–H groups in total. The molecule has 4 nitrogen and oxygen atoms in total. The van der Waals surface area contributed by atoms with Crippen LogP contribution in [0.4, 0.5) is 0 Å². The highest BCUT2D eigenvalue weighted by Gasteiger charge is 2.38. The maximum Gasteiger partial charge on any atom is 0.315 e. The number of rotatable bonds is 8. The zero-order chi connectivity index (χ0) is 22.6. The van der Waals surface area contributed by atoms with Gasteiger partial charge in [0.15, 0.2) is 0 Å². The topological polar surface area (TPSA) is 69.4 Å². The van der Waals surface area contributed by atoms with Crippen molar-refractivity contribution in [1.82, 2.24) is 0 Å². The van der Waals surface area contributed by atoms with E-state index in [9.17, 15) is 9.59 Å². The van der Waals surface area contributed by atoms with Crippen molar-refractivity contribution in [2.75, 3.05) is 18.6 Å². The molecule has 1 heterocycles. The molecule has 2 aromatic rings. The summed E-state index contributed by atoms with van der Waals surface area (Å²) in [5.74, 6) is 4.37. The van der Waals surface area contributed by atoms with Crippen LogP contribution >= 0.6 is 23.1 Å². The average molecular weight is 464 g/mol. The Morgan fingerprint density at radius 2 is 1.97 bits per heavy atom. The normalized spacial score (nSPS) is 21.1. The maximum atomic E-state index is 10.9. The van der Waals surface area contributed by atoms with Crippen LogP contribution in [0.3, 0.4) is 0 Å². The highest BCUT2D eigenvalue weighted by molar-refractivity contribution is 7.99. The van der Waals surface area contributed by atoms with Crippen molar-refractivity contribution in [2.24, 2.45) is 23.5 Å². The first-order chi connectivity index (χ1) is 15.1. The number of nitrogens with two attached hydrogens (primary N) is 1. The van der Waals surface area contributed by atoms with Crippen LogP contribution < -0.4 is 5.73 Å². The second kappa shape index (κ2) is 13.8. The Labute approximate surface area is 195 Å². The number of unbranched alkanes of at least 4 members (excludes halogenated alkanes) is 1. The molecule has 2 bridgehead atoms. The molecule has 4 rings (SSSR count). The molecule has 2 saturated carbocycles. The third kappa shape index (κ3) is 7.83. The summed E-state index contributed by atoms with van der Waals surface area (Å²) in [6.07, 6.45) is 10.1. The van der Waals surface area contributed by atoms with Crippen LogP contribution in [-0.2, 0) is 9.53 Å². The first-order valence-corrected chi connectivity index (χ1v) is 13.5. The number of thioether (sulfide) groups is 1. The Bertz CT molecular complexity index is 820. The van der Waals surface area contributed by atoms with Gasteiger partial charge in [0.05, 0.1) is 18.4 Å². The third-order valence-corrected chi connectivity index (χ3v) is 8.17. The predicted molar refractivity (Wildman–Crippen MR) is 134 cm³/mol. The number of methoxy groups -OCH3 is 1. The summed E-state index contributed by atoms with van der Waals surface area (Å²) >= 11 is 3.25. The van der Waals surface area contributed by atoms with Gasteiger partial charge >= 0.3 is 5.97 Å². The monoisotopic (exact) mass is 463 g/mol. The lowest BCUT2D eigenvalue weighted by Crippen LogP contribution is -2.10. The van der Waals surface area contributed by atoms with Crippen LogP contribution in [0.5, 0.6) is 0 Å². The Balaban J connectivity index is 0.000000214. The lowest BCUT2D eigenvalue weighted by atomic mass is 9.85. The van der Waals surface area contributed by atoms with Gasteiger partial charge in [0.1, 0.15) is 0 Å². The van der Waals surface area contributed by atoms with Crippen molar-refractivity contribution < 1.29 is 14.3 Å². The quantitative estimate of drug-likeness (QED) is 0.357. The number of benzene rings is 1. The standard InChI is InChI=1S/C14H24O2S.C9H7NOS.C2H6/c1-16-14(15)10-17-7-3-2-4-12-8-11-5-6-13(12)9-11;10-9(11)7-3-1-2-6-4-5-12-8(6)7;1-2/h11-13H,2-10H2,1H3;1-5H,(H2,10,11);1-2H3. The van der Waals surface area contributed by atoms with E-state index in [-0.39, 0.29) is 11.9 Å². The van der Waals surface area contributed by atoms with Crippen molar-refractivity contribution in [2.45, 2.75) is 58.8 Å². The van der Waals surface area contributed by atoms with Gasteiger partial charge in [-0.05, 0) is 72.1 Å². The van der Waals surface area contributed by atoms with E-state index in [1.165, 1.54) is 52.1 Å². The van der Waals surface area contributed by atoms with Gasteiger partial charge in [0, 0.05) is 4.70 Å². The molecule has 3 atom stereocenters. The zero-order valence-electron chi connectivity index (χ0n) is 19.1. The predicted octanol–water partition coefficient (Wildman–Crippen LogP) is 6.53. The van der Waals surface area contributed by atoms with Crippen molar-refractivity contribution in [3.8, 4) is 0 Å². The SMILES string of the molecule is CC.COC(=O)CSCCCCC1CC2CCC1C2.NC(=O)c1cccc2ccsc12. The van der Waals surface area contributed by atoms with E-state index in [0.29, 0.717) is 11.3 Å². The minimum atomic E-state index is -0.358. The van der Waals surface area contributed by atoms with Crippen LogP contribution in [0.15, 0.2) is 29.6 Å². The number of carbonyl (C=O) groups is 2. The highest BCUT2D eigenvalue weighted by Crippen LogP contribution is 2.49. The molecule has 2 aliphatic carbocycles. The fraction of sp³-hybridized carbons (Fsp3) is 0.600. The van der Waals surface area contributed by atoms with E-state index >= 15 is 0 Å². The summed E-state index contributed by atoms with van der Waals surface area (Å²) in [6.45, 7) is 4.00. The number of thiophene rings is 1. The number of primary amides is 1. The van der Waals surface area contributed by atoms with Crippen LogP contribution in [-0.4, -0.2) is 30.5 Å². The molecule has 1 aromatic carbocycles. The number of esters is 1. The molecule has 0 saturated heterocycles. The molecular formula is C25H37NO3S2.